The first-order valence-electron chi connectivity index (χ1n) is 11.5. The highest BCUT2D eigenvalue weighted by atomic mass is 19.4. The molecule has 0 spiro atoms. The van der Waals surface area contributed by atoms with E-state index in [-0.39, 0.29) is 24.1 Å². The Bertz CT molecular complexity index is 753. The van der Waals surface area contributed by atoms with Gasteiger partial charge in [0.25, 0.3) is 0 Å². The summed E-state index contributed by atoms with van der Waals surface area (Å²) in [5.74, 6) is -0.201. The Morgan fingerprint density at radius 3 is 2.32 bits per heavy atom. The van der Waals surface area contributed by atoms with Crippen molar-refractivity contribution >= 4 is 11.6 Å². The topological polar surface area (TPSA) is 44.8 Å². The number of carbonyl (C=O) groups excluding carboxylic acids is 1. The highest BCUT2D eigenvalue weighted by Gasteiger charge is 2.35. The fraction of sp³-hybridized carbons (Fsp3) is 0.696. The highest BCUT2D eigenvalue weighted by molar-refractivity contribution is 5.93. The summed E-state index contributed by atoms with van der Waals surface area (Å²) in [6.07, 6.45) is 3.99. The Morgan fingerprint density at radius 2 is 1.71 bits per heavy atom. The quantitative estimate of drug-likeness (QED) is 0.708. The lowest BCUT2D eigenvalue weighted by Gasteiger charge is -2.41. The van der Waals surface area contributed by atoms with Gasteiger partial charge in [0.15, 0.2) is 0 Å². The molecule has 3 fully saturated rings. The molecule has 2 heterocycles. The van der Waals surface area contributed by atoms with Crippen molar-refractivity contribution in [2.45, 2.75) is 69.7 Å². The Labute approximate surface area is 181 Å². The number of hydrogen-bond acceptors (Lipinski definition) is 4. The van der Waals surface area contributed by atoms with Crippen molar-refractivity contribution in [1.82, 2.24) is 9.80 Å². The van der Waals surface area contributed by atoms with Crippen molar-refractivity contribution < 1.29 is 22.7 Å². The first kappa shape index (κ1) is 22.4. The van der Waals surface area contributed by atoms with Crippen molar-refractivity contribution in [2.24, 2.45) is 0 Å². The number of piperidine rings is 2. The number of carbonyl (C=O) groups is 1. The van der Waals surface area contributed by atoms with Crippen LogP contribution in [0.4, 0.5) is 18.9 Å². The molecule has 1 aromatic rings. The van der Waals surface area contributed by atoms with E-state index in [9.17, 15) is 18.0 Å². The Balaban J connectivity index is 1.36. The van der Waals surface area contributed by atoms with Crippen LogP contribution in [0.1, 0.15) is 56.9 Å². The van der Waals surface area contributed by atoms with E-state index in [1.807, 2.05) is 4.90 Å². The smallest absolute Gasteiger partial charge is 0.418 e. The number of anilines is 1. The maximum atomic E-state index is 13.7. The molecule has 1 saturated carbocycles. The number of halogens is 3. The maximum absolute atomic E-state index is 13.7. The summed E-state index contributed by atoms with van der Waals surface area (Å²) in [6, 6.07) is 4.56. The van der Waals surface area contributed by atoms with Crippen molar-refractivity contribution in [3.8, 4) is 5.75 Å². The molecule has 0 aromatic heterocycles. The zero-order chi connectivity index (χ0) is 21.8. The Hall–Kier alpha value is -1.80. The molecular formula is C23H32F3N3O2. The summed E-state index contributed by atoms with van der Waals surface area (Å²) < 4.78 is 46.9. The minimum absolute atomic E-state index is 0.0723. The lowest BCUT2D eigenvalue weighted by molar-refractivity contribution is -0.137. The van der Waals surface area contributed by atoms with Gasteiger partial charge < -0.3 is 15.0 Å². The predicted molar refractivity (Wildman–Crippen MR) is 113 cm³/mol. The van der Waals surface area contributed by atoms with Crippen LogP contribution < -0.4 is 10.1 Å². The molecule has 2 aliphatic heterocycles. The number of rotatable bonds is 6. The van der Waals surface area contributed by atoms with Gasteiger partial charge >= 0.3 is 6.18 Å². The molecule has 0 bridgehead atoms. The molecule has 2 saturated heterocycles. The largest absolute Gasteiger partial charge is 0.490 e. The van der Waals surface area contributed by atoms with Gasteiger partial charge in [0.05, 0.1) is 17.8 Å². The third kappa shape index (κ3) is 5.92. The molecule has 0 radical (unpaired) electrons. The standard InChI is InChI=1S/C23H32F3N3O2/c24-23(25,26)20-15-19(31-18-9-13-29(14-10-18)17-5-4-6-17)7-8-21(20)27-22(30)16-28-11-2-1-3-12-28/h7-8,15,17-18H,1-6,9-14,16H2,(H,27,30). The average Bonchev–Trinajstić information content (AvgIpc) is 2.69. The van der Waals surface area contributed by atoms with Gasteiger partial charge in [-0.15, -0.1) is 0 Å². The number of likely N-dealkylation sites (tertiary alicyclic amines) is 2. The molecule has 172 valence electrons. The van der Waals surface area contributed by atoms with E-state index in [1.54, 1.807) is 0 Å². The number of alkyl halides is 3. The average molecular weight is 440 g/mol. The minimum Gasteiger partial charge on any atom is -0.490 e. The second kappa shape index (κ2) is 9.77. The molecule has 0 atom stereocenters. The van der Waals surface area contributed by atoms with E-state index in [0.29, 0.717) is 6.04 Å². The van der Waals surface area contributed by atoms with E-state index >= 15 is 0 Å². The second-order valence-electron chi connectivity index (χ2n) is 9.03. The van der Waals surface area contributed by atoms with Crippen LogP contribution in [0.15, 0.2) is 18.2 Å². The summed E-state index contributed by atoms with van der Waals surface area (Å²) in [5, 5.41) is 2.46. The van der Waals surface area contributed by atoms with Gasteiger partial charge in [-0.25, -0.2) is 0 Å². The van der Waals surface area contributed by atoms with Crippen molar-refractivity contribution in [3.63, 3.8) is 0 Å². The number of nitrogens with one attached hydrogen (secondary N) is 1. The van der Waals surface area contributed by atoms with Crippen LogP contribution in [-0.2, 0) is 11.0 Å². The van der Waals surface area contributed by atoms with Gasteiger partial charge in [0.1, 0.15) is 11.9 Å². The van der Waals surface area contributed by atoms with E-state index in [1.165, 1.54) is 31.4 Å². The van der Waals surface area contributed by atoms with Crippen LogP contribution in [0.5, 0.6) is 5.75 Å². The fourth-order valence-corrected chi connectivity index (χ4v) is 4.75. The molecule has 31 heavy (non-hydrogen) atoms. The molecule has 3 aliphatic rings. The number of hydrogen-bond donors (Lipinski definition) is 1. The summed E-state index contributed by atoms with van der Waals surface area (Å²) in [7, 11) is 0. The van der Waals surface area contributed by atoms with Gasteiger partial charge in [-0.2, -0.15) is 13.2 Å². The number of amides is 1. The van der Waals surface area contributed by atoms with Gasteiger partial charge in [0, 0.05) is 19.1 Å². The van der Waals surface area contributed by atoms with Crippen molar-refractivity contribution in [1.29, 1.82) is 0 Å². The molecule has 8 heteroatoms. The van der Waals surface area contributed by atoms with Crippen LogP contribution in [0.3, 0.4) is 0 Å². The monoisotopic (exact) mass is 439 g/mol. The molecule has 5 nitrogen and oxygen atoms in total. The molecule has 4 rings (SSSR count). The lowest BCUT2D eigenvalue weighted by atomic mass is 9.90. The highest BCUT2D eigenvalue weighted by Crippen LogP contribution is 2.38. The third-order valence-electron chi connectivity index (χ3n) is 6.76. The minimum atomic E-state index is -4.57. The first-order chi connectivity index (χ1) is 14.9. The zero-order valence-electron chi connectivity index (χ0n) is 17.9. The number of benzene rings is 1. The second-order valence-corrected chi connectivity index (χ2v) is 9.03. The van der Waals surface area contributed by atoms with E-state index < -0.39 is 17.6 Å². The van der Waals surface area contributed by atoms with Crippen molar-refractivity contribution in [2.75, 3.05) is 38.0 Å². The van der Waals surface area contributed by atoms with Crippen LogP contribution in [0, 0.1) is 0 Å². The van der Waals surface area contributed by atoms with Crippen molar-refractivity contribution in [3.05, 3.63) is 23.8 Å². The Morgan fingerprint density at radius 1 is 1.00 bits per heavy atom. The summed E-state index contributed by atoms with van der Waals surface area (Å²) in [5.41, 5.74) is -1.06. The van der Waals surface area contributed by atoms with Gasteiger partial charge in [0.2, 0.25) is 5.91 Å². The van der Waals surface area contributed by atoms with Gasteiger partial charge in [-0.3, -0.25) is 9.69 Å². The van der Waals surface area contributed by atoms with Crippen LogP contribution in [-0.4, -0.2) is 60.6 Å². The van der Waals surface area contributed by atoms with E-state index in [2.05, 4.69) is 10.2 Å². The van der Waals surface area contributed by atoms with Crippen LogP contribution >= 0.6 is 0 Å². The summed E-state index contributed by atoms with van der Waals surface area (Å²) in [6.45, 7) is 3.62. The maximum Gasteiger partial charge on any atom is 0.418 e. The SMILES string of the molecule is O=C(CN1CCCCC1)Nc1ccc(OC2CCN(C3CCC3)CC2)cc1C(F)(F)F. The van der Waals surface area contributed by atoms with Gasteiger partial charge in [-0.05, 0) is 69.8 Å². The number of nitrogens with zero attached hydrogens (tertiary/aromatic N) is 2. The Kier molecular flexibility index (Phi) is 7.06. The third-order valence-corrected chi connectivity index (χ3v) is 6.76. The molecular weight excluding hydrogens is 407 g/mol. The summed E-state index contributed by atoms with van der Waals surface area (Å²) in [4.78, 5) is 16.8. The molecule has 1 aromatic carbocycles. The predicted octanol–water partition coefficient (Wildman–Crippen LogP) is 4.53. The van der Waals surface area contributed by atoms with E-state index in [0.717, 1.165) is 64.3 Å². The zero-order valence-corrected chi connectivity index (χ0v) is 17.9. The fourth-order valence-electron chi connectivity index (χ4n) is 4.75. The molecule has 1 amide bonds. The molecule has 1 aliphatic carbocycles. The number of ether oxygens (including phenoxy) is 1. The van der Waals surface area contributed by atoms with Crippen LogP contribution in [0.25, 0.3) is 0 Å². The molecule has 1 N–H and O–H groups in total. The molecule has 0 unspecified atom stereocenters. The normalized spacial score (nSPS) is 22.2. The van der Waals surface area contributed by atoms with Gasteiger partial charge in [-0.1, -0.05) is 12.8 Å². The first-order valence-corrected chi connectivity index (χ1v) is 11.5. The summed E-state index contributed by atoms with van der Waals surface area (Å²) >= 11 is 0. The van der Waals surface area contributed by atoms with E-state index in [4.69, 9.17) is 4.74 Å². The lowest BCUT2D eigenvalue weighted by Crippen LogP contribution is -2.46. The van der Waals surface area contributed by atoms with Crippen LogP contribution in [0.2, 0.25) is 0 Å².